The Morgan fingerprint density at radius 2 is 1.95 bits per heavy atom. The fourth-order valence-electron chi connectivity index (χ4n) is 2.45. The summed E-state index contributed by atoms with van der Waals surface area (Å²) in [6.45, 7) is 2.04. The molecule has 0 radical (unpaired) electrons. The lowest BCUT2D eigenvalue weighted by Crippen LogP contribution is -2.15. The number of hydrogen-bond donors (Lipinski definition) is 1. The summed E-state index contributed by atoms with van der Waals surface area (Å²) in [7, 11) is 1.85. The van der Waals surface area contributed by atoms with Crippen LogP contribution in [-0.4, -0.2) is 17.2 Å². The number of aromatic nitrogens is 2. The van der Waals surface area contributed by atoms with Crippen LogP contribution in [0, 0.1) is 5.82 Å². The van der Waals surface area contributed by atoms with Gasteiger partial charge >= 0.3 is 0 Å². The van der Waals surface area contributed by atoms with Crippen LogP contribution in [0.3, 0.4) is 0 Å². The topological polar surface area (TPSA) is 51.0 Å². The van der Waals surface area contributed by atoms with Gasteiger partial charge in [0.1, 0.15) is 5.82 Å². The average molecular weight is 285 g/mol. The molecule has 1 atom stereocenters. The smallest absolute Gasteiger partial charge is 0.244 e. The first kappa shape index (κ1) is 13.7. The van der Waals surface area contributed by atoms with Gasteiger partial charge in [0, 0.05) is 10.9 Å². The summed E-state index contributed by atoms with van der Waals surface area (Å²) in [6.07, 6.45) is 0.850. The van der Waals surface area contributed by atoms with Gasteiger partial charge in [0.05, 0.1) is 6.04 Å². The Kier molecular flexibility index (Phi) is 3.66. The third-order valence-electron chi connectivity index (χ3n) is 3.61. The highest BCUT2D eigenvalue weighted by Gasteiger charge is 2.17. The molecule has 0 aliphatic heterocycles. The largest absolute Gasteiger partial charge is 0.337 e. The van der Waals surface area contributed by atoms with E-state index in [2.05, 4.69) is 15.5 Å². The van der Waals surface area contributed by atoms with Gasteiger partial charge in [-0.3, -0.25) is 0 Å². The predicted molar refractivity (Wildman–Crippen MR) is 79.3 cm³/mol. The van der Waals surface area contributed by atoms with E-state index in [0.717, 1.165) is 17.4 Å². The van der Waals surface area contributed by atoms with Crippen molar-refractivity contribution >= 4 is 10.8 Å². The van der Waals surface area contributed by atoms with E-state index in [9.17, 15) is 4.39 Å². The molecule has 0 bridgehead atoms. The number of nitrogens with one attached hydrogen (secondary N) is 1. The van der Waals surface area contributed by atoms with Crippen molar-refractivity contribution in [1.29, 1.82) is 0 Å². The number of fused-ring (bicyclic) bond motifs is 1. The van der Waals surface area contributed by atoms with E-state index in [4.69, 9.17) is 4.52 Å². The summed E-state index contributed by atoms with van der Waals surface area (Å²) in [5.41, 5.74) is 0.771. The average Bonchev–Trinajstić information content (AvgIpc) is 2.99. The highest BCUT2D eigenvalue weighted by Crippen LogP contribution is 2.29. The minimum atomic E-state index is -0.250. The summed E-state index contributed by atoms with van der Waals surface area (Å²) < 4.78 is 19.2. The zero-order chi connectivity index (χ0) is 14.8. The van der Waals surface area contributed by atoms with Crippen molar-refractivity contribution < 1.29 is 8.91 Å². The van der Waals surface area contributed by atoms with Crippen LogP contribution >= 0.6 is 0 Å². The molecule has 1 aromatic heterocycles. The van der Waals surface area contributed by atoms with Crippen molar-refractivity contribution in [3.63, 3.8) is 0 Å². The monoisotopic (exact) mass is 285 g/mol. The molecule has 0 fully saturated rings. The first-order valence-corrected chi connectivity index (χ1v) is 6.93. The van der Waals surface area contributed by atoms with Crippen LogP contribution in [-0.2, 0) is 0 Å². The Balaban J connectivity index is 2.11. The molecule has 0 saturated carbocycles. The molecule has 1 heterocycles. The highest BCUT2D eigenvalue weighted by molar-refractivity contribution is 5.95. The fraction of sp³-hybridized carbons (Fsp3) is 0.250. The second-order valence-electron chi connectivity index (χ2n) is 4.85. The predicted octanol–water partition coefficient (Wildman–Crippen LogP) is 3.70. The van der Waals surface area contributed by atoms with Gasteiger partial charge in [-0.15, -0.1) is 0 Å². The van der Waals surface area contributed by atoms with E-state index < -0.39 is 0 Å². The molecule has 5 heteroatoms. The summed E-state index contributed by atoms with van der Waals surface area (Å²) in [6, 6.07) is 10.4. The van der Waals surface area contributed by atoms with E-state index in [1.54, 1.807) is 12.1 Å². The van der Waals surface area contributed by atoms with Gasteiger partial charge in [0.2, 0.25) is 11.7 Å². The SMILES string of the molecule is CCC(NC)c1nc(-c2ccc(F)c3ccccc23)no1. The van der Waals surface area contributed by atoms with E-state index in [-0.39, 0.29) is 11.9 Å². The van der Waals surface area contributed by atoms with Crippen molar-refractivity contribution in [3.8, 4) is 11.4 Å². The lowest BCUT2D eigenvalue weighted by atomic mass is 10.0. The number of rotatable bonds is 4. The summed E-state index contributed by atoms with van der Waals surface area (Å²) in [5.74, 6) is 0.776. The summed E-state index contributed by atoms with van der Waals surface area (Å²) in [4.78, 5) is 4.44. The minimum Gasteiger partial charge on any atom is -0.337 e. The normalized spacial score (nSPS) is 12.7. The third-order valence-corrected chi connectivity index (χ3v) is 3.61. The zero-order valence-corrected chi connectivity index (χ0v) is 11.9. The second kappa shape index (κ2) is 5.61. The van der Waals surface area contributed by atoms with Crippen LogP contribution < -0.4 is 5.32 Å². The molecule has 3 aromatic rings. The Bertz CT molecular complexity index is 765. The third kappa shape index (κ3) is 2.40. The van der Waals surface area contributed by atoms with Gasteiger partial charge in [0.25, 0.3) is 0 Å². The van der Waals surface area contributed by atoms with E-state index in [0.29, 0.717) is 17.1 Å². The van der Waals surface area contributed by atoms with Crippen molar-refractivity contribution in [1.82, 2.24) is 15.5 Å². The van der Waals surface area contributed by atoms with Crippen LogP contribution in [0.15, 0.2) is 40.9 Å². The molecule has 2 aromatic carbocycles. The number of benzene rings is 2. The van der Waals surface area contributed by atoms with Gasteiger partial charge in [0.15, 0.2) is 0 Å². The van der Waals surface area contributed by atoms with E-state index >= 15 is 0 Å². The molecule has 21 heavy (non-hydrogen) atoms. The lowest BCUT2D eigenvalue weighted by molar-refractivity contribution is 0.334. The highest BCUT2D eigenvalue weighted by atomic mass is 19.1. The second-order valence-corrected chi connectivity index (χ2v) is 4.85. The minimum absolute atomic E-state index is 0.0259. The Morgan fingerprint density at radius 3 is 2.67 bits per heavy atom. The zero-order valence-electron chi connectivity index (χ0n) is 11.9. The van der Waals surface area contributed by atoms with Crippen molar-refractivity contribution in [2.24, 2.45) is 0 Å². The molecule has 0 aliphatic carbocycles. The van der Waals surface area contributed by atoms with E-state index in [1.807, 2.05) is 32.2 Å². The van der Waals surface area contributed by atoms with Crippen LogP contribution in [0.1, 0.15) is 25.3 Å². The maximum absolute atomic E-state index is 13.9. The summed E-state index contributed by atoms with van der Waals surface area (Å²) in [5, 5.41) is 8.49. The quantitative estimate of drug-likeness (QED) is 0.794. The lowest BCUT2D eigenvalue weighted by Gasteiger charge is -2.06. The van der Waals surface area contributed by atoms with Gasteiger partial charge < -0.3 is 9.84 Å². The van der Waals surface area contributed by atoms with Crippen LogP contribution in [0.5, 0.6) is 0 Å². The van der Waals surface area contributed by atoms with Crippen molar-refractivity contribution in [2.75, 3.05) is 7.05 Å². The van der Waals surface area contributed by atoms with Gasteiger partial charge in [-0.05, 0) is 31.0 Å². The summed E-state index contributed by atoms with van der Waals surface area (Å²) >= 11 is 0. The fourth-order valence-corrected chi connectivity index (χ4v) is 2.45. The molecule has 1 unspecified atom stereocenters. The van der Waals surface area contributed by atoms with E-state index in [1.165, 1.54) is 6.07 Å². The maximum atomic E-state index is 13.9. The molecular weight excluding hydrogens is 269 g/mol. The molecule has 4 nitrogen and oxygen atoms in total. The number of halogens is 1. The van der Waals surface area contributed by atoms with Gasteiger partial charge in [-0.25, -0.2) is 4.39 Å². The first-order chi connectivity index (χ1) is 10.2. The number of hydrogen-bond acceptors (Lipinski definition) is 4. The molecule has 3 rings (SSSR count). The molecule has 0 amide bonds. The Labute approximate surface area is 122 Å². The molecule has 0 spiro atoms. The molecule has 0 aliphatic rings. The number of nitrogens with zero attached hydrogens (tertiary/aromatic N) is 2. The maximum Gasteiger partial charge on any atom is 0.244 e. The van der Waals surface area contributed by atoms with Crippen LogP contribution in [0.2, 0.25) is 0 Å². The van der Waals surface area contributed by atoms with Crippen molar-refractivity contribution in [2.45, 2.75) is 19.4 Å². The molecule has 0 saturated heterocycles. The molecule has 108 valence electrons. The molecular formula is C16H16FN3O. The van der Waals surface area contributed by atoms with Crippen molar-refractivity contribution in [3.05, 3.63) is 48.1 Å². The van der Waals surface area contributed by atoms with Crippen LogP contribution in [0.25, 0.3) is 22.2 Å². The molecule has 1 N–H and O–H groups in total. The Morgan fingerprint density at radius 1 is 1.19 bits per heavy atom. The standard InChI is InChI=1S/C16H16FN3O/c1-3-14(18-2)16-19-15(20-21-16)12-8-9-13(17)11-7-5-4-6-10(11)12/h4-9,14,18H,3H2,1-2H3. The van der Waals surface area contributed by atoms with Crippen LogP contribution in [0.4, 0.5) is 4.39 Å². The van der Waals surface area contributed by atoms with Gasteiger partial charge in [-0.1, -0.05) is 36.3 Å². The Hall–Kier alpha value is -2.27. The first-order valence-electron chi connectivity index (χ1n) is 6.93. The van der Waals surface area contributed by atoms with Gasteiger partial charge in [-0.2, -0.15) is 4.98 Å².